The zero-order chi connectivity index (χ0) is 17.2. The summed E-state index contributed by atoms with van der Waals surface area (Å²) < 4.78 is 13.6. The van der Waals surface area contributed by atoms with Gasteiger partial charge in [0.1, 0.15) is 24.2 Å². The van der Waals surface area contributed by atoms with E-state index in [9.17, 15) is 4.79 Å². The molecule has 2 aromatic heterocycles. The zero-order valence-electron chi connectivity index (χ0n) is 13.1. The minimum atomic E-state index is -0.0301. The predicted molar refractivity (Wildman–Crippen MR) is 103 cm³/mol. The first kappa shape index (κ1) is 15.9. The lowest BCUT2D eigenvalue weighted by molar-refractivity contribution is 0.306. The van der Waals surface area contributed by atoms with E-state index in [1.165, 1.54) is 6.26 Å². The molecule has 0 aliphatic carbocycles. The van der Waals surface area contributed by atoms with Gasteiger partial charge in [0.2, 0.25) is 5.43 Å². The predicted octanol–water partition coefficient (Wildman–Crippen LogP) is 4.16. The summed E-state index contributed by atoms with van der Waals surface area (Å²) in [6, 6.07) is 15.1. The number of fused-ring (bicyclic) bond motifs is 1. The minimum Gasteiger partial charge on any atom is -0.489 e. The van der Waals surface area contributed by atoms with Crippen molar-refractivity contribution in [1.29, 1.82) is 0 Å². The van der Waals surface area contributed by atoms with Crippen LogP contribution in [0.5, 0.6) is 5.75 Å². The number of nitrogens with zero attached hydrogens (tertiary/aromatic N) is 2. The van der Waals surface area contributed by atoms with Crippen molar-refractivity contribution in [3.63, 3.8) is 0 Å². The Morgan fingerprint density at radius 2 is 2.00 bits per heavy atom. The maximum atomic E-state index is 12.0. The maximum absolute atomic E-state index is 12.0. The van der Waals surface area contributed by atoms with E-state index in [4.69, 9.17) is 9.15 Å². The van der Waals surface area contributed by atoms with E-state index >= 15 is 0 Å². The van der Waals surface area contributed by atoms with Gasteiger partial charge in [-0.1, -0.05) is 18.2 Å². The highest BCUT2D eigenvalue weighted by molar-refractivity contribution is 14.1. The molecule has 2 aromatic carbocycles. The van der Waals surface area contributed by atoms with Gasteiger partial charge in [0, 0.05) is 17.8 Å². The summed E-state index contributed by atoms with van der Waals surface area (Å²) in [6.45, 7) is 0.382. The average Bonchev–Trinajstić information content (AvgIpc) is 3.13. The second-order valence-corrected chi connectivity index (χ2v) is 6.65. The summed E-state index contributed by atoms with van der Waals surface area (Å²) in [4.78, 5) is 12.0. The number of hydrogen-bond acceptors (Lipinski definition) is 4. The summed E-state index contributed by atoms with van der Waals surface area (Å²) in [5.74, 6) is 0.643. The van der Waals surface area contributed by atoms with E-state index in [1.807, 2.05) is 59.1 Å². The molecular weight excluding hydrogens is 431 g/mol. The Morgan fingerprint density at radius 1 is 1.16 bits per heavy atom. The molecule has 0 saturated carbocycles. The van der Waals surface area contributed by atoms with Crippen molar-refractivity contribution in [2.45, 2.75) is 6.61 Å². The van der Waals surface area contributed by atoms with E-state index in [1.54, 1.807) is 29.1 Å². The van der Waals surface area contributed by atoms with Gasteiger partial charge in [-0.25, -0.2) is 4.68 Å². The van der Waals surface area contributed by atoms with Crippen LogP contribution >= 0.6 is 22.6 Å². The molecular formula is C19H13IN2O3. The van der Waals surface area contributed by atoms with Crippen LogP contribution in [0.3, 0.4) is 0 Å². The topological polar surface area (TPSA) is 57.3 Å². The number of aromatic nitrogens is 2. The standard InChI is InChI=1S/C19H13IN2O3/c20-17-12-25-18-8-15(6-7-16(18)19(17)23)24-11-13-9-21-22(10-13)14-4-2-1-3-5-14/h1-10,12H,11H2. The van der Waals surface area contributed by atoms with Gasteiger partial charge in [-0.2, -0.15) is 5.10 Å². The molecule has 124 valence electrons. The van der Waals surface area contributed by atoms with Gasteiger partial charge in [0.15, 0.2) is 0 Å². The Balaban J connectivity index is 1.52. The van der Waals surface area contributed by atoms with Gasteiger partial charge in [-0.15, -0.1) is 0 Å². The van der Waals surface area contributed by atoms with Crippen molar-refractivity contribution in [2.75, 3.05) is 0 Å². The Morgan fingerprint density at radius 3 is 2.84 bits per heavy atom. The van der Waals surface area contributed by atoms with Crippen molar-refractivity contribution >= 4 is 33.6 Å². The van der Waals surface area contributed by atoms with Crippen LogP contribution < -0.4 is 10.2 Å². The molecule has 4 aromatic rings. The van der Waals surface area contributed by atoms with Crippen LogP contribution in [-0.4, -0.2) is 9.78 Å². The highest BCUT2D eigenvalue weighted by Gasteiger charge is 2.07. The third-order valence-electron chi connectivity index (χ3n) is 3.77. The van der Waals surface area contributed by atoms with Crippen LogP contribution in [0.4, 0.5) is 0 Å². The van der Waals surface area contributed by atoms with Gasteiger partial charge in [0.25, 0.3) is 0 Å². The van der Waals surface area contributed by atoms with E-state index < -0.39 is 0 Å². The molecule has 0 unspecified atom stereocenters. The molecule has 0 spiro atoms. The number of halogens is 1. The normalized spacial score (nSPS) is 10.9. The van der Waals surface area contributed by atoms with Gasteiger partial charge in [0.05, 0.1) is 20.8 Å². The molecule has 5 nitrogen and oxygen atoms in total. The monoisotopic (exact) mass is 444 g/mol. The Kier molecular flexibility index (Phi) is 4.27. The van der Waals surface area contributed by atoms with Gasteiger partial charge >= 0.3 is 0 Å². The molecule has 0 aliphatic heterocycles. The average molecular weight is 444 g/mol. The molecule has 25 heavy (non-hydrogen) atoms. The Hall–Kier alpha value is -2.61. The van der Waals surface area contributed by atoms with Crippen molar-refractivity contribution in [2.24, 2.45) is 0 Å². The highest BCUT2D eigenvalue weighted by atomic mass is 127. The van der Waals surface area contributed by atoms with Crippen LogP contribution in [0.2, 0.25) is 0 Å². The van der Waals surface area contributed by atoms with Crippen molar-refractivity contribution in [3.8, 4) is 11.4 Å². The second-order valence-electron chi connectivity index (χ2n) is 5.49. The van der Waals surface area contributed by atoms with Crippen LogP contribution in [0.25, 0.3) is 16.7 Å². The minimum absolute atomic E-state index is 0.0301. The van der Waals surface area contributed by atoms with Crippen LogP contribution in [0.1, 0.15) is 5.56 Å². The molecule has 0 amide bonds. The lowest BCUT2D eigenvalue weighted by atomic mass is 10.2. The third-order valence-corrected chi connectivity index (χ3v) is 4.51. The number of para-hydroxylation sites is 1. The highest BCUT2D eigenvalue weighted by Crippen LogP contribution is 2.20. The van der Waals surface area contributed by atoms with Crippen LogP contribution in [0.15, 0.2) is 76.4 Å². The fraction of sp³-hybridized carbons (Fsp3) is 0.0526. The largest absolute Gasteiger partial charge is 0.489 e. The Labute approximate surface area is 157 Å². The number of hydrogen-bond donors (Lipinski definition) is 0. The first-order chi connectivity index (χ1) is 12.2. The van der Waals surface area contributed by atoms with Crippen molar-refractivity contribution in [1.82, 2.24) is 9.78 Å². The molecule has 0 aliphatic rings. The lowest BCUT2D eigenvalue weighted by Crippen LogP contribution is -2.04. The van der Waals surface area contributed by atoms with Gasteiger partial charge in [-0.05, 0) is 46.9 Å². The molecule has 0 saturated heterocycles. The molecule has 0 radical (unpaired) electrons. The van der Waals surface area contributed by atoms with Gasteiger partial charge < -0.3 is 9.15 Å². The molecule has 0 fully saturated rings. The molecule has 6 heteroatoms. The first-order valence-corrected chi connectivity index (χ1v) is 8.71. The van der Waals surface area contributed by atoms with E-state index in [-0.39, 0.29) is 5.43 Å². The quantitative estimate of drug-likeness (QED) is 0.444. The van der Waals surface area contributed by atoms with Crippen LogP contribution in [-0.2, 0) is 6.61 Å². The second kappa shape index (κ2) is 6.72. The van der Waals surface area contributed by atoms with Crippen molar-refractivity contribution in [3.05, 3.63) is 86.5 Å². The van der Waals surface area contributed by atoms with Gasteiger partial charge in [-0.3, -0.25) is 4.79 Å². The molecule has 0 atom stereocenters. The summed E-state index contributed by atoms with van der Waals surface area (Å²) >= 11 is 1.97. The Bertz CT molecular complexity index is 1090. The summed E-state index contributed by atoms with van der Waals surface area (Å²) in [7, 11) is 0. The summed E-state index contributed by atoms with van der Waals surface area (Å²) in [5, 5.41) is 4.90. The smallest absolute Gasteiger partial charge is 0.205 e. The molecule has 4 rings (SSSR count). The molecule has 0 N–H and O–H groups in total. The lowest BCUT2D eigenvalue weighted by Gasteiger charge is -2.05. The van der Waals surface area contributed by atoms with Crippen LogP contribution in [0, 0.1) is 3.57 Å². The molecule has 2 heterocycles. The summed E-state index contributed by atoms with van der Waals surface area (Å²) in [5.41, 5.74) is 2.43. The third kappa shape index (κ3) is 3.30. The number of benzene rings is 2. The first-order valence-electron chi connectivity index (χ1n) is 7.63. The fourth-order valence-corrected chi connectivity index (χ4v) is 2.92. The maximum Gasteiger partial charge on any atom is 0.205 e. The van der Waals surface area contributed by atoms with E-state index in [0.717, 1.165) is 11.3 Å². The number of rotatable bonds is 4. The van der Waals surface area contributed by atoms with E-state index in [0.29, 0.717) is 26.9 Å². The van der Waals surface area contributed by atoms with Crippen molar-refractivity contribution < 1.29 is 9.15 Å². The van der Waals surface area contributed by atoms with E-state index in [2.05, 4.69) is 5.10 Å². The molecule has 0 bridgehead atoms. The fourth-order valence-electron chi connectivity index (χ4n) is 2.50. The summed E-state index contributed by atoms with van der Waals surface area (Å²) in [6.07, 6.45) is 5.16. The number of ether oxygens (including phenoxy) is 1. The zero-order valence-corrected chi connectivity index (χ0v) is 15.2. The SMILES string of the molecule is O=c1c(I)coc2cc(OCc3cnn(-c4ccccc4)c3)ccc12.